The summed E-state index contributed by atoms with van der Waals surface area (Å²) in [6.07, 6.45) is 0.622. The molecule has 1 amide bonds. The van der Waals surface area contributed by atoms with Crippen LogP contribution in [0.15, 0.2) is 47.4 Å². The molecule has 0 aromatic heterocycles. The standard InChI is InChI=1S/C21H25FN2O6S/c1-28-17-5-7-18(8-6-17)30-12-2-3-21(25)23-16-4-9-19(22)20(15-16)31(26,27)24-10-13-29-14-11-24/h4-9,15H,2-3,10-14H2,1H3,(H,23,25). The van der Waals surface area contributed by atoms with Crippen molar-refractivity contribution in [1.82, 2.24) is 4.31 Å². The van der Waals surface area contributed by atoms with Gasteiger partial charge in [0, 0.05) is 25.2 Å². The first-order valence-corrected chi connectivity index (χ1v) is 11.3. The van der Waals surface area contributed by atoms with Gasteiger partial charge in [-0.1, -0.05) is 0 Å². The number of benzene rings is 2. The second-order valence-corrected chi connectivity index (χ2v) is 8.74. The number of rotatable bonds is 9. The number of ether oxygens (including phenoxy) is 3. The highest BCUT2D eigenvalue weighted by Crippen LogP contribution is 2.24. The van der Waals surface area contributed by atoms with E-state index < -0.39 is 20.7 Å². The van der Waals surface area contributed by atoms with Gasteiger partial charge in [0.25, 0.3) is 0 Å². The van der Waals surface area contributed by atoms with Crippen molar-refractivity contribution in [3.05, 3.63) is 48.3 Å². The van der Waals surface area contributed by atoms with Gasteiger partial charge in [0.05, 0.1) is 26.9 Å². The number of nitrogens with zero attached hydrogens (tertiary/aromatic N) is 1. The maximum atomic E-state index is 14.2. The number of methoxy groups -OCH3 is 1. The number of hydrogen-bond donors (Lipinski definition) is 1. The second kappa shape index (κ2) is 10.6. The van der Waals surface area contributed by atoms with Gasteiger partial charge in [-0.3, -0.25) is 4.79 Å². The number of sulfonamides is 1. The van der Waals surface area contributed by atoms with Gasteiger partial charge in [0.1, 0.15) is 22.2 Å². The largest absolute Gasteiger partial charge is 0.497 e. The lowest BCUT2D eigenvalue weighted by atomic mass is 10.2. The van der Waals surface area contributed by atoms with Gasteiger partial charge < -0.3 is 19.5 Å². The molecule has 0 saturated carbocycles. The third kappa shape index (κ3) is 6.16. The maximum absolute atomic E-state index is 14.2. The fourth-order valence-corrected chi connectivity index (χ4v) is 4.52. The van der Waals surface area contributed by atoms with Crippen LogP contribution in [0.5, 0.6) is 11.5 Å². The number of amides is 1. The molecule has 1 N–H and O–H groups in total. The molecular weight excluding hydrogens is 427 g/mol. The van der Waals surface area contributed by atoms with Gasteiger partial charge in [-0.25, -0.2) is 12.8 Å². The SMILES string of the molecule is COc1ccc(OCCCC(=O)Nc2ccc(F)c(S(=O)(=O)N3CCOCC3)c2)cc1. The first kappa shape index (κ1) is 23.0. The molecule has 0 bridgehead atoms. The molecule has 0 radical (unpaired) electrons. The van der Waals surface area contributed by atoms with Crippen LogP contribution in [0.1, 0.15) is 12.8 Å². The van der Waals surface area contributed by atoms with Crippen molar-refractivity contribution in [1.29, 1.82) is 0 Å². The van der Waals surface area contributed by atoms with Gasteiger partial charge in [-0.15, -0.1) is 0 Å². The number of carbonyl (C=O) groups excluding carboxylic acids is 1. The smallest absolute Gasteiger partial charge is 0.246 e. The summed E-state index contributed by atoms with van der Waals surface area (Å²) in [6, 6.07) is 10.6. The van der Waals surface area contributed by atoms with Gasteiger partial charge in [-0.05, 0) is 48.9 Å². The first-order chi connectivity index (χ1) is 14.9. The van der Waals surface area contributed by atoms with E-state index in [2.05, 4.69) is 5.32 Å². The molecule has 0 spiro atoms. The number of hydrogen-bond acceptors (Lipinski definition) is 6. The van der Waals surface area contributed by atoms with Crippen molar-refractivity contribution in [3.8, 4) is 11.5 Å². The molecule has 168 valence electrons. The number of halogens is 1. The third-order valence-electron chi connectivity index (χ3n) is 4.68. The van der Waals surface area contributed by atoms with Crippen LogP contribution in [-0.2, 0) is 19.6 Å². The number of nitrogens with one attached hydrogen (secondary N) is 1. The molecule has 1 aliphatic rings. The molecule has 0 aliphatic carbocycles. The van der Waals surface area contributed by atoms with Crippen LogP contribution in [0.2, 0.25) is 0 Å². The molecule has 0 atom stereocenters. The fraction of sp³-hybridized carbons (Fsp3) is 0.381. The molecule has 1 heterocycles. The van der Waals surface area contributed by atoms with Crippen LogP contribution in [-0.4, -0.2) is 58.7 Å². The summed E-state index contributed by atoms with van der Waals surface area (Å²) >= 11 is 0. The Labute approximate surface area is 181 Å². The lowest BCUT2D eigenvalue weighted by Gasteiger charge is -2.26. The van der Waals surface area contributed by atoms with E-state index in [0.717, 1.165) is 17.9 Å². The van der Waals surface area contributed by atoms with Crippen LogP contribution in [0.25, 0.3) is 0 Å². The molecule has 0 unspecified atom stereocenters. The molecule has 2 aromatic carbocycles. The van der Waals surface area contributed by atoms with E-state index in [9.17, 15) is 17.6 Å². The van der Waals surface area contributed by atoms with Crippen molar-refractivity contribution in [2.24, 2.45) is 0 Å². The van der Waals surface area contributed by atoms with Crippen molar-refractivity contribution in [3.63, 3.8) is 0 Å². The third-order valence-corrected chi connectivity index (χ3v) is 6.59. The molecular formula is C21H25FN2O6S. The summed E-state index contributed by atoms with van der Waals surface area (Å²) < 4.78 is 56.7. The van der Waals surface area contributed by atoms with Gasteiger partial charge in [0.15, 0.2) is 0 Å². The van der Waals surface area contributed by atoms with Crippen LogP contribution < -0.4 is 14.8 Å². The molecule has 2 aromatic rings. The number of anilines is 1. The maximum Gasteiger partial charge on any atom is 0.246 e. The Kier molecular flexibility index (Phi) is 7.83. The molecule has 1 fully saturated rings. The molecule has 1 saturated heterocycles. The van der Waals surface area contributed by atoms with Crippen LogP contribution >= 0.6 is 0 Å². The molecule has 1 aliphatic heterocycles. The minimum absolute atomic E-state index is 0.159. The molecule has 10 heteroatoms. The van der Waals surface area contributed by atoms with Crippen molar-refractivity contribution in [2.45, 2.75) is 17.7 Å². The Bertz CT molecular complexity index is 991. The zero-order chi connectivity index (χ0) is 22.3. The zero-order valence-electron chi connectivity index (χ0n) is 17.2. The topological polar surface area (TPSA) is 94.2 Å². The Morgan fingerprint density at radius 3 is 2.48 bits per heavy atom. The van der Waals surface area contributed by atoms with Gasteiger partial charge in [0.2, 0.25) is 15.9 Å². The minimum atomic E-state index is -4.01. The fourth-order valence-electron chi connectivity index (χ4n) is 3.02. The molecule has 31 heavy (non-hydrogen) atoms. The summed E-state index contributed by atoms with van der Waals surface area (Å²) in [5.74, 6) is 0.204. The quantitative estimate of drug-likeness (QED) is 0.588. The van der Waals surface area contributed by atoms with E-state index in [0.29, 0.717) is 18.8 Å². The summed E-state index contributed by atoms with van der Waals surface area (Å²) in [5.41, 5.74) is 0.217. The first-order valence-electron chi connectivity index (χ1n) is 9.84. The molecule has 8 nitrogen and oxygen atoms in total. The minimum Gasteiger partial charge on any atom is -0.497 e. The van der Waals surface area contributed by atoms with Crippen molar-refractivity contribution >= 4 is 21.6 Å². The Balaban J connectivity index is 1.53. The van der Waals surface area contributed by atoms with Gasteiger partial charge >= 0.3 is 0 Å². The highest BCUT2D eigenvalue weighted by atomic mass is 32.2. The van der Waals surface area contributed by atoms with Crippen LogP contribution in [0.4, 0.5) is 10.1 Å². The second-order valence-electron chi connectivity index (χ2n) is 6.84. The highest BCUT2D eigenvalue weighted by molar-refractivity contribution is 7.89. The zero-order valence-corrected chi connectivity index (χ0v) is 18.0. The van der Waals surface area contributed by atoms with Crippen LogP contribution in [0.3, 0.4) is 0 Å². The van der Waals surface area contributed by atoms with E-state index in [1.165, 1.54) is 10.4 Å². The lowest BCUT2D eigenvalue weighted by Crippen LogP contribution is -2.40. The average Bonchev–Trinajstić information content (AvgIpc) is 2.79. The highest BCUT2D eigenvalue weighted by Gasteiger charge is 2.29. The normalized spacial score (nSPS) is 14.8. The van der Waals surface area contributed by atoms with Crippen molar-refractivity contribution in [2.75, 3.05) is 45.3 Å². The summed E-state index contributed by atoms with van der Waals surface area (Å²) in [7, 11) is -2.43. The Morgan fingerprint density at radius 1 is 1.13 bits per heavy atom. The number of morpholine rings is 1. The Hall–Kier alpha value is -2.69. The van der Waals surface area contributed by atoms with E-state index in [4.69, 9.17) is 14.2 Å². The molecule has 3 rings (SSSR count). The average molecular weight is 453 g/mol. The van der Waals surface area contributed by atoms with Crippen LogP contribution in [0, 0.1) is 5.82 Å². The lowest BCUT2D eigenvalue weighted by molar-refractivity contribution is -0.116. The summed E-state index contributed by atoms with van der Waals surface area (Å²) in [6.45, 7) is 1.17. The summed E-state index contributed by atoms with van der Waals surface area (Å²) in [5, 5.41) is 2.61. The predicted molar refractivity (Wildman–Crippen MR) is 112 cm³/mol. The predicted octanol–water partition coefficient (Wildman–Crippen LogP) is 2.65. The van der Waals surface area contributed by atoms with E-state index in [1.807, 2.05) is 0 Å². The van der Waals surface area contributed by atoms with E-state index >= 15 is 0 Å². The van der Waals surface area contributed by atoms with E-state index in [-0.39, 0.29) is 44.3 Å². The van der Waals surface area contributed by atoms with Crippen molar-refractivity contribution < 1.29 is 31.8 Å². The Morgan fingerprint density at radius 2 is 1.81 bits per heavy atom. The summed E-state index contributed by atoms with van der Waals surface area (Å²) in [4.78, 5) is 11.7. The number of carbonyl (C=O) groups is 1. The van der Waals surface area contributed by atoms with Gasteiger partial charge in [-0.2, -0.15) is 4.31 Å². The van der Waals surface area contributed by atoms with E-state index in [1.54, 1.807) is 31.4 Å². The monoisotopic (exact) mass is 452 g/mol.